The zero-order valence-corrected chi connectivity index (χ0v) is 43.1. The number of halogens is 1. The molecule has 0 saturated carbocycles. The number of carboxylic acid groups (broad SMARTS) is 5. The topological polar surface area (TPSA) is 385 Å². The lowest BCUT2D eigenvalue weighted by atomic mass is 9.89. The van der Waals surface area contributed by atoms with Crippen LogP contribution in [0.25, 0.3) is 0 Å². The molecule has 0 spiro atoms. The summed E-state index contributed by atoms with van der Waals surface area (Å²) in [5.41, 5.74) is 1.42. The number of carboxylic acids is 5. The summed E-state index contributed by atoms with van der Waals surface area (Å²) in [6, 6.07) is 16.1. The van der Waals surface area contributed by atoms with Gasteiger partial charge < -0.3 is 61.6 Å². The van der Waals surface area contributed by atoms with Crippen LogP contribution in [0.1, 0.15) is 92.1 Å². The third-order valence-corrected chi connectivity index (χ3v) is 12.2. The van der Waals surface area contributed by atoms with Crippen LogP contribution >= 0.6 is 22.6 Å². The standard InChI is InChI=1S/C51H60IN5O19/c52-35-14-11-32(12-15-35)40(59)26-33(13-20-44(62)63)47(68)55-37(18-21-45(64)65)41(60)27-34(49(70)71)24-31-9-16-36(17-10-31)75-28-42(61)54-39(25-30-6-2-1-3-7-30)48(69)53-23-5-4-8-43(76-29-58)57-51(74)56-38(50(72)73)19-22-46(66)67/h1-3,6-7,9-12,14-17,29,33-34,37-39,43H,4-5,8,13,18-28H2,(H,53,69)(H,54,61)(H,55,68)(H,62,63)(H,64,65)(H,66,67)(H,70,71)(H,72,73)(H2,56,57,74)/t33-,34-,37+,38+,39+,43-/m1/s1. The van der Waals surface area contributed by atoms with Crippen LogP contribution in [-0.4, -0.2) is 135 Å². The number of amides is 5. The second-order valence-corrected chi connectivity index (χ2v) is 18.6. The maximum absolute atomic E-state index is 13.6. The molecule has 410 valence electrons. The number of rotatable bonds is 37. The number of hydrogen-bond acceptors (Lipinski definition) is 14. The minimum atomic E-state index is -1.52. The second kappa shape index (κ2) is 33.1. The van der Waals surface area contributed by atoms with Gasteiger partial charge in [0.1, 0.15) is 17.8 Å². The number of carbonyl (C=O) groups is 12. The number of ether oxygens (including phenoxy) is 2. The predicted molar refractivity (Wildman–Crippen MR) is 273 cm³/mol. The Hall–Kier alpha value is -7.97. The van der Waals surface area contributed by atoms with E-state index in [1.54, 1.807) is 54.6 Å². The quantitative estimate of drug-likeness (QED) is 0.0130. The molecule has 24 nitrogen and oxygen atoms in total. The van der Waals surface area contributed by atoms with E-state index in [4.69, 9.17) is 14.6 Å². The van der Waals surface area contributed by atoms with Crippen LogP contribution in [0.5, 0.6) is 5.75 Å². The molecule has 0 aromatic heterocycles. The van der Waals surface area contributed by atoms with Crippen molar-refractivity contribution in [3.63, 3.8) is 0 Å². The van der Waals surface area contributed by atoms with Gasteiger partial charge in [-0.2, -0.15) is 0 Å². The summed E-state index contributed by atoms with van der Waals surface area (Å²) < 4.78 is 11.4. The van der Waals surface area contributed by atoms with Crippen LogP contribution in [0.3, 0.4) is 0 Å². The van der Waals surface area contributed by atoms with Crippen LogP contribution in [-0.2, 0) is 65.5 Å². The SMILES string of the molecule is O=CO[C@H](CCCCNC(=O)[C@H](Cc1ccccc1)NC(=O)COc1ccc(C[C@H](CC(=O)[C@H](CCC(=O)O)NC(=O)[C@H](CCC(=O)O)CC(=O)c2ccc(I)cc2)C(=O)O)cc1)NC(=O)N[C@@H](CCC(=O)O)C(=O)O. The van der Waals surface area contributed by atoms with E-state index in [0.717, 1.165) is 9.13 Å². The van der Waals surface area contributed by atoms with E-state index in [2.05, 4.69) is 26.6 Å². The van der Waals surface area contributed by atoms with E-state index in [1.807, 2.05) is 22.6 Å². The average molecular weight is 1170 g/mol. The van der Waals surface area contributed by atoms with Crippen molar-refractivity contribution in [2.75, 3.05) is 13.2 Å². The zero-order valence-electron chi connectivity index (χ0n) is 41.0. The van der Waals surface area contributed by atoms with Crippen LogP contribution in [0.4, 0.5) is 4.79 Å². The second-order valence-electron chi connectivity index (χ2n) is 17.4. The molecule has 0 aliphatic heterocycles. The fourth-order valence-electron chi connectivity index (χ4n) is 7.46. The maximum atomic E-state index is 13.6. The van der Waals surface area contributed by atoms with Crippen LogP contribution < -0.4 is 31.3 Å². The van der Waals surface area contributed by atoms with Crippen molar-refractivity contribution in [1.29, 1.82) is 0 Å². The lowest BCUT2D eigenvalue weighted by Gasteiger charge is -2.23. The first-order valence-electron chi connectivity index (χ1n) is 23.9. The van der Waals surface area contributed by atoms with Gasteiger partial charge in [-0.3, -0.25) is 47.9 Å². The number of unbranched alkanes of at least 4 members (excludes halogenated alkanes) is 1. The van der Waals surface area contributed by atoms with E-state index in [0.29, 0.717) is 12.0 Å². The minimum absolute atomic E-state index is 0.0522. The molecule has 5 amide bonds. The summed E-state index contributed by atoms with van der Waals surface area (Å²) in [4.78, 5) is 148. The normalized spacial score (nSPS) is 13.1. The molecule has 0 bridgehead atoms. The van der Waals surface area contributed by atoms with E-state index in [1.165, 1.54) is 24.3 Å². The molecule has 0 heterocycles. The summed E-state index contributed by atoms with van der Waals surface area (Å²) >= 11 is 2.05. The van der Waals surface area contributed by atoms with Gasteiger partial charge in [-0.25, -0.2) is 9.59 Å². The molecule has 0 aliphatic carbocycles. The van der Waals surface area contributed by atoms with Crippen molar-refractivity contribution >= 4 is 94.2 Å². The third-order valence-electron chi connectivity index (χ3n) is 11.5. The summed E-state index contributed by atoms with van der Waals surface area (Å²) in [6.07, 6.45) is -4.34. The lowest BCUT2D eigenvalue weighted by molar-refractivity contribution is -0.144. The molecule has 3 rings (SSSR count). The Balaban J connectivity index is 1.59. The molecule has 3 aromatic rings. The molecule has 3 aromatic carbocycles. The van der Waals surface area contributed by atoms with Gasteiger partial charge in [-0.15, -0.1) is 0 Å². The van der Waals surface area contributed by atoms with Gasteiger partial charge in [0.05, 0.1) is 12.0 Å². The van der Waals surface area contributed by atoms with Gasteiger partial charge in [0.15, 0.2) is 24.4 Å². The highest BCUT2D eigenvalue weighted by molar-refractivity contribution is 14.1. The monoisotopic (exact) mass is 1170 g/mol. The first kappa shape index (κ1) is 62.3. The fraction of sp³-hybridized carbons (Fsp3) is 0.412. The number of urea groups is 1. The molecule has 0 fully saturated rings. The Morgan fingerprint density at radius 1 is 0.566 bits per heavy atom. The predicted octanol–water partition coefficient (Wildman–Crippen LogP) is 3.11. The number of nitrogens with one attached hydrogen (secondary N) is 5. The molecule has 76 heavy (non-hydrogen) atoms. The van der Waals surface area contributed by atoms with Gasteiger partial charge in [0.2, 0.25) is 11.8 Å². The summed E-state index contributed by atoms with van der Waals surface area (Å²) in [5, 5.41) is 59.2. The lowest BCUT2D eigenvalue weighted by Crippen LogP contribution is -2.50. The van der Waals surface area contributed by atoms with Crippen LogP contribution in [0.15, 0.2) is 78.9 Å². The molecular formula is C51H60IN5O19. The molecule has 0 aliphatic rings. The largest absolute Gasteiger partial charge is 0.484 e. The Labute approximate surface area is 449 Å². The summed E-state index contributed by atoms with van der Waals surface area (Å²) in [6.45, 7) is -0.376. The summed E-state index contributed by atoms with van der Waals surface area (Å²) in [5.74, 6) is -12.4. The molecule has 6 atom stereocenters. The van der Waals surface area contributed by atoms with Gasteiger partial charge in [-0.05, 0) is 96.5 Å². The van der Waals surface area contributed by atoms with E-state index in [-0.39, 0.29) is 56.4 Å². The number of Topliss-reactive ketones (excluding diaryl/α,β-unsaturated/α-hetero) is 2. The van der Waals surface area contributed by atoms with E-state index >= 15 is 0 Å². The number of aliphatic carboxylic acids is 5. The highest BCUT2D eigenvalue weighted by atomic mass is 127. The van der Waals surface area contributed by atoms with Crippen molar-refractivity contribution in [3.8, 4) is 5.75 Å². The highest BCUT2D eigenvalue weighted by Gasteiger charge is 2.32. The van der Waals surface area contributed by atoms with Crippen molar-refractivity contribution in [2.24, 2.45) is 11.8 Å². The smallest absolute Gasteiger partial charge is 0.326 e. The van der Waals surface area contributed by atoms with Crippen LogP contribution in [0.2, 0.25) is 0 Å². The van der Waals surface area contributed by atoms with Crippen molar-refractivity contribution < 1.29 is 92.5 Å². The average Bonchev–Trinajstić information content (AvgIpc) is 3.36. The zero-order chi connectivity index (χ0) is 56.2. The Kier molecular flexibility index (Phi) is 27.1. The van der Waals surface area contributed by atoms with E-state index in [9.17, 15) is 78.0 Å². The maximum Gasteiger partial charge on any atom is 0.326 e. The number of hydrogen-bond donors (Lipinski definition) is 10. The Morgan fingerprint density at radius 3 is 1.76 bits per heavy atom. The molecule has 0 unspecified atom stereocenters. The van der Waals surface area contributed by atoms with Gasteiger partial charge in [0.25, 0.3) is 12.4 Å². The van der Waals surface area contributed by atoms with Gasteiger partial charge >= 0.3 is 35.9 Å². The molecular weight excluding hydrogens is 1110 g/mol. The van der Waals surface area contributed by atoms with Crippen LogP contribution in [0, 0.1) is 15.4 Å². The van der Waals surface area contributed by atoms with Gasteiger partial charge in [0, 0.05) is 66.5 Å². The first-order valence-corrected chi connectivity index (χ1v) is 24.9. The number of carbonyl (C=O) groups excluding carboxylic acids is 7. The first-order chi connectivity index (χ1) is 36.1. The fourth-order valence-corrected chi connectivity index (χ4v) is 7.82. The van der Waals surface area contributed by atoms with Crippen molar-refractivity contribution in [3.05, 3.63) is 99.1 Å². The number of ketones is 2. The Morgan fingerprint density at radius 2 is 1.17 bits per heavy atom. The molecule has 0 radical (unpaired) electrons. The van der Waals surface area contributed by atoms with Crippen molar-refractivity contribution in [1.82, 2.24) is 26.6 Å². The summed E-state index contributed by atoms with van der Waals surface area (Å²) in [7, 11) is 0. The van der Waals surface area contributed by atoms with E-state index < -0.39 is 153 Å². The minimum Gasteiger partial charge on any atom is -0.484 e. The molecule has 25 heteroatoms. The Bertz CT molecular complexity index is 2490. The van der Waals surface area contributed by atoms with Crippen molar-refractivity contribution in [2.45, 2.75) is 108 Å². The molecule has 10 N–H and O–H groups in total. The molecule has 0 saturated heterocycles. The third kappa shape index (κ3) is 24.4. The number of benzene rings is 3. The highest BCUT2D eigenvalue weighted by Crippen LogP contribution is 2.22. The van der Waals surface area contributed by atoms with Gasteiger partial charge in [-0.1, -0.05) is 54.6 Å².